The maximum Gasteiger partial charge on any atom is 0.261 e. The predicted molar refractivity (Wildman–Crippen MR) is 71.5 cm³/mol. The van der Waals surface area contributed by atoms with Crippen LogP contribution in [-0.4, -0.2) is 17.6 Å². The molecule has 0 fully saturated rings. The fourth-order valence-electron chi connectivity index (χ4n) is 1.53. The number of carbonyl (C=O) groups is 1. The van der Waals surface area contributed by atoms with E-state index in [1.165, 1.54) is 18.2 Å². The highest BCUT2D eigenvalue weighted by Gasteiger charge is 2.14. The first-order valence-electron chi connectivity index (χ1n) is 5.83. The number of anilines is 1. The van der Waals surface area contributed by atoms with Gasteiger partial charge >= 0.3 is 0 Å². The molecule has 0 bridgehead atoms. The van der Waals surface area contributed by atoms with Crippen molar-refractivity contribution in [2.45, 2.75) is 6.92 Å². The fraction of sp³-hybridized carbons (Fsp3) is 0.143. The van der Waals surface area contributed by atoms with Gasteiger partial charge in [-0.1, -0.05) is 17.0 Å². The van der Waals surface area contributed by atoms with E-state index < -0.39 is 11.7 Å². The average Bonchev–Trinajstić information content (AvgIpc) is 2.81. The SMILES string of the molecule is Cc1cc(NC(=O)c2ccc(C#CCN)cc2F)on1. The van der Waals surface area contributed by atoms with Gasteiger partial charge < -0.3 is 10.3 Å². The first-order chi connectivity index (χ1) is 9.60. The van der Waals surface area contributed by atoms with Crippen molar-refractivity contribution in [2.75, 3.05) is 11.9 Å². The van der Waals surface area contributed by atoms with Crippen LogP contribution in [-0.2, 0) is 0 Å². The molecule has 1 aromatic carbocycles. The number of aryl methyl sites for hydroxylation is 1. The Hall–Kier alpha value is -2.65. The topological polar surface area (TPSA) is 81.2 Å². The minimum Gasteiger partial charge on any atom is -0.338 e. The van der Waals surface area contributed by atoms with Crippen LogP contribution < -0.4 is 11.1 Å². The largest absolute Gasteiger partial charge is 0.338 e. The van der Waals surface area contributed by atoms with Crippen molar-refractivity contribution >= 4 is 11.8 Å². The van der Waals surface area contributed by atoms with Crippen LogP contribution >= 0.6 is 0 Å². The highest BCUT2D eigenvalue weighted by atomic mass is 19.1. The quantitative estimate of drug-likeness (QED) is 0.816. The van der Waals surface area contributed by atoms with Gasteiger partial charge in [-0.05, 0) is 25.1 Å². The summed E-state index contributed by atoms with van der Waals surface area (Å²) in [5.41, 5.74) is 6.21. The molecule has 0 saturated heterocycles. The zero-order valence-electron chi connectivity index (χ0n) is 10.7. The van der Waals surface area contributed by atoms with Gasteiger partial charge in [0, 0.05) is 11.6 Å². The number of hydrogen-bond donors (Lipinski definition) is 2. The lowest BCUT2D eigenvalue weighted by molar-refractivity contribution is 0.102. The Balaban J connectivity index is 2.18. The Labute approximate surface area is 114 Å². The second-order valence-electron chi connectivity index (χ2n) is 3.99. The Morgan fingerprint density at radius 1 is 1.50 bits per heavy atom. The summed E-state index contributed by atoms with van der Waals surface area (Å²) in [6.07, 6.45) is 0. The number of amides is 1. The van der Waals surface area contributed by atoms with Gasteiger partial charge in [-0.2, -0.15) is 0 Å². The van der Waals surface area contributed by atoms with E-state index in [2.05, 4.69) is 22.3 Å². The molecule has 2 aromatic rings. The van der Waals surface area contributed by atoms with E-state index >= 15 is 0 Å². The first-order valence-corrected chi connectivity index (χ1v) is 5.83. The summed E-state index contributed by atoms with van der Waals surface area (Å²) in [6.45, 7) is 1.90. The van der Waals surface area contributed by atoms with Crippen LogP contribution in [0.1, 0.15) is 21.6 Å². The van der Waals surface area contributed by atoms with E-state index in [4.69, 9.17) is 10.3 Å². The number of nitrogens with one attached hydrogen (secondary N) is 1. The minimum absolute atomic E-state index is 0.0997. The summed E-state index contributed by atoms with van der Waals surface area (Å²) < 4.78 is 18.7. The lowest BCUT2D eigenvalue weighted by atomic mass is 10.1. The smallest absolute Gasteiger partial charge is 0.261 e. The molecule has 0 unspecified atom stereocenters. The second kappa shape index (κ2) is 5.99. The van der Waals surface area contributed by atoms with Crippen molar-refractivity contribution in [3.05, 3.63) is 46.9 Å². The van der Waals surface area contributed by atoms with Gasteiger partial charge in [0.1, 0.15) is 5.82 Å². The van der Waals surface area contributed by atoms with Gasteiger partial charge in [-0.15, -0.1) is 0 Å². The number of hydrogen-bond acceptors (Lipinski definition) is 4. The maximum atomic E-state index is 13.8. The summed E-state index contributed by atoms with van der Waals surface area (Å²) in [6, 6.07) is 5.63. The molecule has 5 nitrogen and oxygen atoms in total. The molecule has 0 radical (unpaired) electrons. The molecular formula is C14H12FN3O2. The third-order valence-electron chi connectivity index (χ3n) is 2.41. The monoisotopic (exact) mass is 273 g/mol. The van der Waals surface area contributed by atoms with Crippen LogP contribution in [0.5, 0.6) is 0 Å². The van der Waals surface area contributed by atoms with Gasteiger partial charge in [0.25, 0.3) is 5.91 Å². The summed E-state index contributed by atoms with van der Waals surface area (Å²) >= 11 is 0. The van der Waals surface area contributed by atoms with Crippen LogP contribution in [0.4, 0.5) is 10.3 Å². The van der Waals surface area contributed by atoms with Crippen molar-refractivity contribution in [3.8, 4) is 11.8 Å². The molecule has 102 valence electrons. The van der Waals surface area contributed by atoms with Gasteiger partial charge in [-0.25, -0.2) is 4.39 Å². The number of rotatable bonds is 2. The molecule has 0 aliphatic heterocycles. The van der Waals surface area contributed by atoms with E-state index in [-0.39, 0.29) is 18.0 Å². The lowest BCUT2D eigenvalue weighted by Gasteiger charge is -2.03. The van der Waals surface area contributed by atoms with Crippen LogP contribution in [0.15, 0.2) is 28.8 Å². The third-order valence-corrected chi connectivity index (χ3v) is 2.41. The summed E-state index contributed by atoms with van der Waals surface area (Å²) in [4.78, 5) is 11.9. The molecule has 0 aliphatic carbocycles. The molecule has 1 amide bonds. The third kappa shape index (κ3) is 3.22. The van der Waals surface area contributed by atoms with E-state index in [0.29, 0.717) is 11.3 Å². The molecule has 0 saturated carbocycles. The number of aromatic nitrogens is 1. The number of carbonyl (C=O) groups excluding carboxylic acids is 1. The van der Waals surface area contributed by atoms with Crippen molar-refractivity contribution in [1.82, 2.24) is 5.16 Å². The van der Waals surface area contributed by atoms with Crippen LogP contribution in [0.3, 0.4) is 0 Å². The maximum absolute atomic E-state index is 13.8. The van der Waals surface area contributed by atoms with Gasteiger partial charge in [0.15, 0.2) is 0 Å². The molecule has 20 heavy (non-hydrogen) atoms. The van der Waals surface area contributed by atoms with E-state index in [1.807, 2.05) is 0 Å². The minimum atomic E-state index is -0.664. The summed E-state index contributed by atoms with van der Waals surface area (Å²) in [5, 5.41) is 6.04. The molecule has 0 atom stereocenters. The molecule has 2 rings (SSSR count). The van der Waals surface area contributed by atoms with E-state index in [0.717, 1.165) is 0 Å². The van der Waals surface area contributed by atoms with Crippen molar-refractivity contribution in [1.29, 1.82) is 0 Å². The van der Waals surface area contributed by atoms with Crippen molar-refractivity contribution in [2.24, 2.45) is 5.73 Å². The van der Waals surface area contributed by atoms with E-state index in [9.17, 15) is 9.18 Å². The highest BCUT2D eigenvalue weighted by Crippen LogP contribution is 2.14. The second-order valence-corrected chi connectivity index (χ2v) is 3.99. The Kier molecular flexibility index (Phi) is 4.13. The summed E-state index contributed by atoms with van der Waals surface area (Å²) in [7, 11) is 0. The first kappa shape index (κ1) is 13.8. The standard InChI is InChI=1S/C14H12FN3O2/c1-9-7-13(20-18-9)17-14(19)11-5-4-10(3-2-6-16)8-12(11)15/h4-5,7-8H,6,16H2,1H3,(H,17,19). The Bertz CT molecular complexity index is 698. The fourth-order valence-corrected chi connectivity index (χ4v) is 1.53. The van der Waals surface area contributed by atoms with Crippen molar-refractivity contribution in [3.63, 3.8) is 0 Å². The number of nitrogens with zero attached hydrogens (tertiary/aromatic N) is 1. The zero-order chi connectivity index (χ0) is 14.5. The molecular weight excluding hydrogens is 261 g/mol. The molecule has 1 aromatic heterocycles. The van der Waals surface area contributed by atoms with Crippen LogP contribution in [0, 0.1) is 24.6 Å². The average molecular weight is 273 g/mol. The molecule has 1 heterocycles. The van der Waals surface area contributed by atoms with Crippen LogP contribution in [0.25, 0.3) is 0 Å². The van der Waals surface area contributed by atoms with E-state index in [1.54, 1.807) is 13.0 Å². The number of benzene rings is 1. The van der Waals surface area contributed by atoms with Crippen LogP contribution in [0.2, 0.25) is 0 Å². The van der Waals surface area contributed by atoms with Gasteiger partial charge in [0.05, 0.1) is 17.8 Å². The molecule has 0 spiro atoms. The molecule has 0 aliphatic rings. The molecule has 6 heteroatoms. The highest BCUT2D eigenvalue weighted by molar-refractivity contribution is 6.03. The number of halogens is 1. The van der Waals surface area contributed by atoms with Gasteiger partial charge in [0.2, 0.25) is 5.88 Å². The summed E-state index contributed by atoms with van der Waals surface area (Å²) in [5.74, 6) is 4.19. The Morgan fingerprint density at radius 3 is 2.90 bits per heavy atom. The molecule has 3 N–H and O–H groups in total. The van der Waals surface area contributed by atoms with Gasteiger partial charge in [-0.3, -0.25) is 10.1 Å². The van der Waals surface area contributed by atoms with Crippen molar-refractivity contribution < 1.29 is 13.7 Å². The normalized spacial score (nSPS) is 9.75. The predicted octanol–water partition coefficient (Wildman–Crippen LogP) is 1.68. The number of nitrogens with two attached hydrogens (primary N) is 1. The lowest BCUT2D eigenvalue weighted by Crippen LogP contribution is -2.13. The zero-order valence-corrected chi connectivity index (χ0v) is 10.7. The Morgan fingerprint density at radius 2 is 2.30 bits per heavy atom.